The average molecular weight is 271 g/mol. The van der Waals surface area contributed by atoms with E-state index >= 15 is 0 Å². The van der Waals surface area contributed by atoms with Gasteiger partial charge in [0.1, 0.15) is 0 Å². The molecule has 0 bridgehead atoms. The predicted octanol–water partition coefficient (Wildman–Crippen LogP) is 3.17. The molecular weight excluding hydrogens is 242 g/mol. The Hall–Kier alpha value is -1.32. The van der Waals surface area contributed by atoms with Crippen molar-refractivity contribution in [1.82, 2.24) is 4.90 Å². The van der Waals surface area contributed by atoms with Crippen molar-refractivity contribution in [1.29, 1.82) is 0 Å². The van der Waals surface area contributed by atoms with Crippen LogP contribution < -0.4 is 0 Å². The zero-order valence-corrected chi connectivity index (χ0v) is 12.7. The fourth-order valence-electron chi connectivity index (χ4n) is 1.46. The lowest BCUT2D eigenvalue weighted by atomic mass is 10.2. The van der Waals surface area contributed by atoms with Crippen LogP contribution in [0.1, 0.15) is 52.9 Å². The SMILES string of the molecule is C=CC(=O)OCCCN(C=O)CCCCCC.CC. The summed E-state index contributed by atoms with van der Waals surface area (Å²) < 4.78 is 4.83. The Balaban J connectivity index is 0. The molecule has 0 aromatic heterocycles. The lowest BCUT2D eigenvalue weighted by molar-refractivity contribution is -0.137. The van der Waals surface area contributed by atoms with Crippen LogP contribution in [0.2, 0.25) is 0 Å². The molecular formula is C15H29NO3. The van der Waals surface area contributed by atoms with Crippen molar-refractivity contribution in [3.05, 3.63) is 12.7 Å². The lowest BCUT2D eigenvalue weighted by Gasteiger charge is -2.16. The van der Waals surface area contributed by atoms with Gasteiger partial charge in [0.15, 0.2) is 0 Å². The second-order valence-electron chi connectivity index (χ2n) is 3.93. The molecule has 0 aliphatic heterocycles. The topological polar surface area (TPSA) is 46.6 Å². The van der Waals surface area contributed by atoms with Gasteiger partial charge in [-0.15, -0.1) is 0 Å². The van der Waals surface area contributed by atoms with Crippen molar-refractivity contribution in [2.24, 2.45) is 0 Å². The third-order valence-electron chi connectivity index (χ3n) is 2.45. The second kappa shape index (κ2) is 16.7. The van der Waals surface area contributed by atoms with Crippen molar-refractivity contribution in [3.63, 3.8) is 0 Å². The molecule has 0 aliphatic rings. The highest BCUT2D eigenvalue weighted by Crippen LogP contribution is 2.01. The van der Waals surface area contributed by atoms with Gasteiger partial charge in [-0.05, 0) is 12.8 Å². The number of ether oxygens (including phenoxy) is 1. The standard InChI is InChI=1S/C13H23NO3.C2H6/c1-3-5-6-7-9-14(12-15)10-8-11-17-13(16)4-2;1-2/h4,12H,2-3,5-11H2,1H3;1-2H3. The third kappa shape index (κ3) is 14.6. The van der Waals surface area contributed by atoms with E-state index in [0.29, 0.717) is 19.6 Å². The zero-order chi connectivity index (χ0) is 14.9. The molecule has 0 spiro atoms. The monoisotopic (exact) mass is 271 g/mol. The van der Waals surface area contributed by atoms with Crippen molar-refractivity contribution >= 4 is 12.4 Å². The smallest absolute Gasteiger partial charge is 0.330 e. The molecule has 0 rings (SSSR count). The summed E-state index contributed by atoms with van der Waals surface area (Å²) in [5, 5.41) is 0. The van der Waals surface area contributed by atoms with Gasteiger partial charge in [-0.1, -0.05) is 46.6 Å². The summed E-state index contributed by atoms with van der Waals surface area (Å²) in [5.41, 5.74) is 0. The lowest BCUT2D eigenvalue weighted by Crippen LogP contribution is -2.25. The molecule has 0 aromatic rings. The van der Waals surface area contributed by atoms with E-state index in [1.165, 1.54) is 12.8 Å². The molecule has 112 valence electrons. The minimum Gasteiger partial charge on any atom is -0.462 e. The highest BCUT2D eigenvalue weighted by Gasteiger charge is 2.02. The highest BCUT2D eigenvalue weighted by atomic mass is 16.5. The summed E-state index contributed by atoms with van der Waals surface area (Å²) in [6.45, 7) is 11.2. The van der Waals surface area contributed by atoms with Crippen LogP contribution in [0.4, 0.5) is 0 Å². The third-order valence-corrected chi connectivity index (χ3v) is 2.45. The first-order valence-corrected chi connectivity index (χ1v) is 7.23. The highest BCUT2D eigenvalue weighted by molar-refractivity contribution is 5.81. The largest absolute Gasteiger partial charge is 0.462 e. The van der Waals surface area contributed by atoms with Gasteiger partial charge in [0, 0.05) is 19.2 Å². The van der Waals surface area contributed by atoms with Crippen LogP contribution in [0.3, 0.4) is 0 Å². The van der Waals surface area contributed by atoms with Crippen molar-refractivity contribution in [3.8, 4) is 0 Å². The van der Waals surface area contributed by atoms with E-state index in [1.807, 2.05) is 13.8 Å². The maximum Gasteiger partial charge on any atom is 0.330 e. The van der Waals surface area contributed by atoms with E-state index in [1.54, 1.807) is 4.90 Å². The van der Waals surface area contributed by atoms with Crippen LogP contribution in [-0.4, -0.2) is 37.0 Å². The quantitative estimate of drug-likeness (QED) is 0.251. The maximum absolute atomic E-state index is 10.8. The molecule has 0 heterocycles. The molecule has 4 heteroatoms. The van der Waals surface area contributed by atoms with Gasteiger partial charge in [0.05, 0.1) is 6.61 Å². The number of hydrogen-bond donors (Lipinski definition) is 0. The molecule has 0 radical (unpaired) electrons. The van der Waals surface area contributed by atoms with E-state index in [4.69, 9.17) is 4.74 Å². The van der Waals surface area contributed by atoms with Gasteiger partial charge in [0.2, 0.25) is 6.41 Å². The summed E-state index contributed by atoms with van der Waals surface area (Å²) in [6.07, 6.45) is 7.28. The van der Waals surface area contributed by atoms with Crippen LogP contribution in [0.15, 0.2) is 12.7 Å². The Morgan fingerprint density at radius 2 is 1.79 bits per heavy atom. The molecule has 0 aliphatic carbocycles. The Bertz CT molecular complexity index is 229. The Kier molecular flexibility index (Phi) is 17.6. The zero-order valence-electron chi connectivity index (χ0n) is 12.7. The second-order valence-corrected chi connectivity index (χ2v) is 3.93. The van der Waals surface area contributed by atoms with E-state index in [9.17, 15) is 9.59 Å². The first-order chi connectivity index (χ1) is 9.24. The van der Waals surface area contributed by atoms with Gasteiger partial charge >= 0.3 is 5.97 Å². The normalized spacial score (nSPS) is 9.00. The van der Waals surface area contributed by atoms with E-state index < -0.39 is 5.97 Å². The molecule has 0 unspecified atom stereocenters. The average Bonchev–Trinajstić information content (AvgIpc) is 2.47. The number of unbranched alkanes of at least 4 members (excludes halogenated alkanes) is 3. The fourth-order valence-corrected chi connectivity index (χ4v) is 1.46. The molecule has 19 heavy (non-hydrogen) atoms. The minimum absolute atomic E-state index is 0.337. The fraction of sp³-hybridized carbons (Fsp3) is 0.733. The van der Waals surface area contributed by atoms with Crippen molar-refractivity contribution in [2.75, 3.05) is 19.7 Å². The maximum atomic E-state index is 10.8. The Labute approximate surface area is 117 Å². The van der Waals surface area contributed by atoms with Crippen LogP contribution in [0.25, 0.3) is 0 Å². The van der Waals surface area contributed by atoms with Gasteiger partial charge < -0.3 is 9.64 Å². The molecule has 0 saturated heterocycles. The number of rotatable bonds is 11. The van der Waals surface area contributed by atoms with Crippen LogP contribution in [0, 0.1) is 0 Å². The molecule has 0 fully saturated rings. The summed E-state index contributed by atoms with van der Waals surface area (Å²) in [6, 6.07) is 0. The van der Waals surface area contributed by atoms with E-state index in [0.717, 1.165) is 31.9 Å². The van der Waals surface area contributed by atoms with Gasteiger partial charge in [-0.2, -0.15) is 0 Å². The number of amides is 1. The van der Waals surface area contributed by atoms with Crippen LogP contribution >= 0.6 is 0 Å². The Morgan fingerprint density at radius 3 is 2.32 bits per heavy atom. The summed E-state index contributed by atoms with van der Waals surface area (Å²) >= 11 is 0. The van der Waals surface area contributed by atoms with Crippen molar-refractivity contribution < 1.29 is 14.3 Å². The van der Waals surface area contributed by atoms with Gasteiger partial charge in [0.25, 0.3) is 0 Å². The molecule has 0 aromatic carbocycles. The summed E-state index contributed by atoms with van der Waals surface area (Å²) in [7, 11) is 0. The first kappa shape index (κ1) is 20.0. The Morgan fingerprint density at radius 1 is 1.16 bits per heavy atom. The van der Waals surface area contributed by atoms with E-state index in [2.05, 4.69) is 13.5 Å². The molecule has 0 saturated carbocycles. The number of carbonyl (C=O) groups excluding carboxylic acids is 2. The summed E-state index contributed by atoms with van der Waals surface area (Å²) in [4.78, 5) is 23.2. The number of esters is 1. The molecule has 0 N–H and O–H groups in total. The van der Waals surface area contributed by atoms with Crippen LogP contribution in [0.5, 0.6) is 0 Å². The number of carbonyl (C=O) groups is 2. The molecule has 1 amide bonds. The predicted molar refractivity (Wildman–Crippen MR) is 78.9 cm³/mol. The van der Waals surface area contributed by atoms with Gasteiger partial charge in [-0.25, -0.2) is 4.79 Å². The summed E-state index contributed by atoms with van der Waals surface area (Å²) in [5.74, 6) is -0.411. The molecule has 4 nitrogen and oxygen atoms in total. The van der Waals surface area contributed by atoms with Gasteiger partial charge in [-0.3, -0.25) is 4.79 Å². The van der Waals surface area contributed by atoms with Crippen LogP contribution in [-0.2, 0) is 14.3 Å². The van der Waals surface area contributed by atoms with Crippen molar-refractivity contribution in [2.45, 2.75) is 52.9 Å². The van der Waals surface area contributed by atoms with E-state index in [-0.39, 0.29) is 0 Å². The molecule has 0 atom stereocenters. The number of hydrogen-bond acceptors (Lipinski definition) is 3. The minimum atomic E-state index is -0.411. The first-order valence-electron chi connectivity index (χ1n) is 7.23. The number of nitrogens with zero attached hydrogens (tertiary/aromatic N) is 1.